The molecule has 13 rings (SSSR count). The predicted octanol–water partition coefficient (Wildman–Crippen LogP) is 14.0. The first-order valence-corrected chi connectivity index (χ1v) is 30.5. The van der Waals surface area contributed by atoms with E-state index in [-0.39, 0.29) is 17.1 Å². The molecule has 22 heteroatoms. The molecule has 0 saturated carbocycles. The summed E-state index contributed by atoms with van der Waals surface area (Å²) in [4.78, 5) is 70.3. The van der Waals surface area contributed by atoms with Crippen LogP contribution in [0.5, 0.6) is 17.2 Å². The van der Waals surface area contributed by atoms with Crippen molar-refractivity contribution in [2.75, 3.05) is 19.8 Å². The highest BCUT2D eigenvalue weighted by atomic mass is 19.4. The Balaban J connectivity index is 0.000000150. The number of aryl methyl sites for hydroxylation is 3. The number of benzene rings is 10. The van der Waals surface area contributed by atoms with Crippen molar-refractivity contribution in [3.63, 3.8) is 0 Å². The number of aliphatic carboxylic acids is 3. The van der Waals surface area contributed by atoms with E-state index in [0.29, 0.717) is 96.7 Å². The van der Waals surface area contributed by atoms with Crippen molar-refractivity contribution in [3.05, 3.63) is 256 Å². The van der Waals surface area contributed by atoms with Crippen LogP contribution in [0.25, 0.3) is 76.5 Å². The number of hydrogen-bond donors (Lipinski definition) is 6. The van der Waals surface area contributed by atoms with Gasteiger partial charge in [0.15, 0.2) is 19.8 Å². The zero-order chi connectivity index (χ0) is 69.9. The van der Waals surface area contributed by atoms with Gasteiger partial charge in [-0.05, 0) is 157 Å². The summed E-state index contributed by atoms with van der Waals surface area (Å²) in [6, 6.07) is 55.3. The van der Waals surface area contributed by atoms with Crippen molar-refractivity contribution >= 4 is 101 Å². The number of primary amides is 3. The van der Waals surface area contributed by atoms with E-state index in [4.69, 9.17) is 41.6 Å². The number of rotatable bonds is 19. The number of alkyl halides is 3. The van der Waals surface area contributed by atoms with Gasteiger partial charge in [0, 0.05) is 52.5 Å². The number of carboxylic acid groups (broad SMARTS) is 3. The summed E-state index contributed by atoms with van der Waals surface area (Å²) in [6.45, 7) is 5.53. The van der Waals surface area contributed by atoms with E-state index in [1.165, 1.54) is 24.3 Å². The van der Waals surface area contributed by atoms with Crippen molar-refractivity contribution < 1.29 is 75.9 Å². The number of fused-ring (bicyclic) bond motifs is 9. The van der Waals surface area contributed by atoms with E-state index in [2.05, 4.69) is 16.7 Å². The van der Waals surface area contributed by atoms with Gasteiger partial charge in [-0.2, -0.15) is 13.2 Å². The van der Waals surface area contributed by atoms with Gasteiger partial charge in [-0.25, -0.2) is 18.8 Å². The molecule has 0 fully saturated rings. The van der Waals surface area contributed by atoms with E-state index < -0.39 is 67.2 Å². The molecular weight excluding hydrogens is 1260 g/mol. The van der Waals surface area contributed by atoms with Gasteiger partial charge in [0.2, 0.25) is 17.7 Å². The van der Waals surface area contributed by atoms with Crippen molar-refractivity contribution in [1.29, 1.82) is 0 Å². The Hall–Kier alpha value is -12.5. The average molecular weight is 1330 g/mol. The second-order valence-corrected chi connectivity index (χ2v) is 23.4. The zero-order valence-electron chi connectivity index (χ0n) is 52.8. The first-order chi connectivity index (χ1) is 46.8. The first kappa shape index (κ1) is 67.0. The molecule has 0 spiro atoms. The van der Waals surface area contributed by atoms with E-state index in [0.717, 1.165) is 67.6 Å². The molecular formula is C76H62F4N6O12. The fourth-order valence-electron chi connectivity index (χ4n) is 12.4. The lowest BCUT2D eigenvalue weighted by molar-refractivity contribution is -0.140. The van der Waals surface area contributed by atoms with Crippen molar-refractivity contribution in [1.82, 2.24) is 13.7 Å². The van der Waals surface area contributed by atoms with Crippen LogP contribution >= 0.6 is 0 Å². The molecule has 0 bridgehead atoms. The SMILES string of the molecule is Cc1cc(OCC(=O)O)c2c3c(C(N)=O)cccc3n(Cc3cccc(F)c3)c2c1.Cc1cccc(Cn2c3cc(C)cc(OCC(=O)O)c3c3c(C(N)=O)cccc32)c1.NC(=O)c1cccc2c1c1c(OCC(=O)O)cc(-c3ccc(C(F)(F)F)cc3)cc1n2Cc1ccccc1. The van der Waals surface area contributed by atoms with Crippen molar-refractivity contribution in [3.8, 4) is 28.4 Å². The lowest BCUT2D eigenvalue weighted by atomic mass is 9.99. The molecule has 18 nitrogen and oxygen atoms in total. The maximum absolute atomic E-state index is 13.8. The number of halogens is 4. The second kappa shape index (κ2) is 27.9. The Morgan fingerprint density at radius 2 is 0.755 bits per heavy atom. The molecule has 10 aromatic carbocycles. The van der Waals surface area contributed by atoms with Crippen LogP contribution in [0.4, 0.5) is 17.6 Å². The third kappa shape index (κ3) is 14.2. The largest absolute Gasteiger partial charge is 0.481 e. The molecule has 0 saturated heterocycles. The molecule has 98 heavy (non-hydrogen) atoms. The maximum atomic E-state index is 13.8. The van der Waals surface area contributed by atoms with Crippen LogP contribution in [0, 0.1) is 26.6 Å². The zero-order valence-corrected chi connectivity index (χ0v) is 52.8. The van der Waals surface area contributed by atoms with Crippen LogP contribution in [0.2, 0.25) is 0 Å². The molecule has 0 unspecified atom stereocenters. The molecule has 3 amide bonds. The molecule has 0 atom stereocenters. The molecule has 0 radical (unpaired) electrons. The van der Waals surface area contributed by atoms with Crippen molar-refractivity contribution in [2.45, 2.75) is 46.6 Å². The Labute approximate surface area is 555 Å². The number of aromatic nitrogens is 3. The average Bonchev–Trinajstić information content (AvgIpc) is 1.60. The van der Waals surface area contributed by atoms with E-state index in [1.807, 2.05) is 109 Å². The lowest BCUT2D eigenvalue weighted by Crippen LogP contribution is -2.11. The molecule has 13 aromatic rings. The minimum atomic E-state index is -4.48. The Kier molecular flexibility index (Phi) is 19.0. The number of carbonyl (C=O) groups excluding carboxylic acids is 3. The minimum absolute atomic E-state index is 0.172. The Morgan fingerprint density at radius 3 is 1.15 bits per heavy atom. The molecule has 3 aromatic heterocycles. The fourth-order valence-corrected chi connectivity index (χ4v) is 12.4. The fraction of sp³-hybridized carbons (Fsp3) is 0.132. The van der Waals surface area contributed by atoms with E-state index in [1.54, 1.807) is 66.7 Å². The highest BCUT2D eigenvalue weighted by Gasteiger charge is 2.31. The van der Waals surface area contributed by atoms with Gasteiger partial charge in [0.25, 0.3) is 0 Å². The van der Waals surface area contributed by atoms with Crippen molar-refractivity contribution in [2.24, 2.45) is 17.2 Å². The normalized spacial score (nSPS) is 11.3. The molecule has 0 aliphatic rings. The summed E-state index contributed by atoms with van der Waals surface area (Å²) < 4.78 is 76.0. The van der Waals surface area contributed by atoms with Crippen LogP contribution in [-0.2, 0) is 40.2 Å². The summed E-state index contributed by atoms with van der Waals surface area (Å²) in [5.41, 5.74) is 28.3. The van der Waals surface area contributed by atoms with Gasteiger partial charge in [-0.1, -0.05) is 103 Å². The van der Waals surface area contributed by atoms with E-state index >= 15 is 0 Å². The minimum Gasteiger partial charge on any atom is -0.481 e. The topological polar surface area (TPSA) is 284 Å². The summed E-state index contributed by atoms with van der Waals surface area (Å²) in [6.07, 6.45) is -4.48. The highest BCUT2D eigenvalue weighted by molar-refractivity contribution is 6.22. The van der Waals surface area contributed by atoms with Gasteiger partial charge in [-0.15, -0.1) is 0 Å². The van der Waals surface area contributed by atoms with Crippen LogP contribution in [0.1, 0.15) is 70.0 Å². The van der Waals surface area contributed by atoms with Crippen LogP contribution in [-0.4, -0.2) is 84.5 Å². The molecule has 0 aliphatic carbocycles. The van der Waals surface area contributed by atoms with Gasteiger partial charge >= 0.3 is 24.1 Å². The lowest BCUT2D eigenvalue weighted by Gasteiger charge is -2.13. The van der Waals surface area contributed by atoms with Crippen LogP contribution < -0.4 is 31.4 Å². The quantitative estimate of drug-likeness (QED) is 0.0412. The monoisotopic (exact) mass is 1330 g/mol. The number of nitrogens with zero attached hydrogens (tertiary/aromatic N) is 3. The summed E-state index contributed by atoms with van der Waals surface area (Å²) >= 11 is 0. The van der Waals surface area contributed by atoms with E-state index in [9.17, 15) is 51.4 Å². The number of carbonyl (C=O) groups is 6. The molecule has 3 heterocycles. The summed E-state index contributed by atoms with van der Waals surface area (Å²) in [7, 11) is 0. The first-order valence-electron chi connectivity index (χ1n) is 30.5. The number of ether oxygens (including phenoxy) is 3. The Morgan fingerprint density at radius 1 is 0.378 bits per heavy atom. The van der Waals surface area contributed by atoms with Crippen LogP contribution in [0.3, 0.4) is 0 Å². The standard InChI is InChI=1S/C29H21F3N2O4.C24H22N2O4.C23H19FN2O4/c30-29(31,32)20-11-9-18(10-12-20)19-13-23-27(24(14-19)38-16-25(35)36)26-21(28(33)37)7-4-8-22(26)34(23)15-17-5-2-1-3-6-17;1-14-5-3-6-16(9-14)12-26-18-8-4-7-17(24(25)29)22(18)23-19(26)10-15(2)11-20(23)30-13-21(27)28;1-13-8-18-22(19(9-13)30-12-20(27)28)21-16(23(25)29)6-3-7-17(21)26(18)11-14-4-2-5-15(24)10-14/h1-14H,15-16H2,(H2,33,37)(H,35,36);3-11H,12-13H2,1-2H3,(H2,25,29)(H,27,28);2-10H,11-12H2,1H3,(H2,25,29)(H,27,28). The second-order valence-electron chi connectivity index (χ2n) is 23.4. The maximum Gasteiger partial charge on any atom is 0.416 e. The summed E-state index contributed by atoms with van der Waals surface area (Å²) in [5, 5.41) is 31.0. The molecule has 496 valence electrons. The molecule has 9 N–H and O–H groups in total. The summed E-state index contributed by atoms with van der Waals surface area (Å²) in [5.74, 6) is -4.58. The molecule has 0 aliphatic heterocycles. The smallest absolute Gasteiger partial charge is 0.416 e. The number of nitrogens with two attached hydrogens (primary N) is 3. The number of amides is 3. The highest BCUT2D eigenvalue weighted by Crippen LogP contribution is 2.44. The van der Waals surface area contributed by atoms with Gasteiger partial charge in [0.05, 0.1) is 54.8 Å². The van der Waals surface area contributed by atoms with Gasteiger partial charge in [0.1, 0.15) is 23.1 Å². The number of carboxylic acids is 3. The third-order valence-electron chi connectivity index (χ3n) is 16.4. The van der Waals surface area contributed by atoms with Crippen LogP contribution in [0.15, 0.2) is 194 Å². The van der Waals surface area contributed by atoms with Gasteiger partial charge < -0.3 is 60.4 Å². The Bertz CT molecular complexity index is 5130. The number of hydrogen-bond acceptors (Lipinski definition) is 9. The third-order valence-corrected chi connectivity index (χ3v) is 16.4. The van der Waals surface area contributed by atoms with Gasteiger partial charge in [-0.3, -0.25) is 14.4 Å². The predicted molar refractivity (Wildman–Crippen MR) is 365 cm³/mol.